The lowest BCUT2D eigenvalue weighted by atomic mass is 10.0. The van der Waals surface area contributed by atoms with Crippen molar-refractivity contribution in [1.82, 2.24) is 0 Å². The average Bonchev–Trinajstić information content (AvgIpc) is 2.65. The summed E-state index contributed by atoms with van der Waals surface area (Å²) in [7, 11) is -4.53. The highest BCUT2D eigenvalue weighted by atomic mass is 31.2. The molecule has 0 radical (unpaired) electrons. The number of unbranched alkanes of at least 4 members (excludes halogenated alkanes) is 14. The van der Waals surface area contributed by atoms with E-state index in [0.29, 0.717) is 0 Å². The Hall–Kier alpha value is -0.390. The molecule has 0 rings (SSSR count). The Bertz CT molecular complexity index is 396. The Morgan fingerprint density at radius 2 is 1.25 bits per heavy atom. The molecular formula is C21H43O6P. The molecule has 6 nitrogen and oxygen atoms in total. The molecule has 0 aliphatic heterocycles. The molecule has 0 bridgehead atoms. The summed E-state index contributed by atoms with van der Waals surface area (Å²) in [6.07, 6.45) is 22.2. The molecule has 3 N–H and O–H groups in total. The molecule has 0 amide bonds. The van der Waals surface area contributed by atoms with Gasteiger partial charge in [0.25, 0.3) is 0 Å². The van der Waals surface area contributed by atoms with E-state index in [0.717, 1.165) is 12.8 Å². The second-order valence-electron chi connectivity index (χ2n) is 7.53. The zero-order valence-corrected chi connectivity index (χ0v) is 18.7. The van der Waals surface area contributed by atoms with E-state index in [1.165, 1.54) is 89.7 Å². The normalized spacial score (nSPS) is 13.3. The van der Waals surface area contributed by atoms with Crippen LogP contribution in [0.1, 0.15) is 103 Å². The molecule has 0 aliphatic rings. The van der Waals surface area contributed by atoms with Crippen molar-refractivity contribution in [2.75, 3.05) is 13.2 Å². The van der Waals surface area contributed by atoms with Gasteiger partial charge in [0.1, 0.15) is 12.7 Å². The molecule has 7 heteroatoms. The molecule has 0 aliphatic carbocycles. The SMILES string of the molecule is CCCCCCCCCCCCCCCCC=COCC(O)COP(=O)(O)O. The van der Waals surface area contributed by atoms with Crippen LogP contribution in [0.25, 0.3) is 0 Å². The van der Waals surface area contributed by atoms with Gasteiger partial charge < -0.3 is 19.6 Å². The van der Waals surface area contributed by atoms with Gasteiger partial charge in [-0.2, -0.15) is 0 Å². The number of phosphoric acid groups is 1. The molecule has 0 heterocycles. The van der Waals surface area contributed by atoms with Crippen LogP contribution < -0.4 is 0 Å². The summed E-state index contributed by atoms with van der Waals surface area (Å²) in [5, 5.41) is 9.42. The van der Waals surface area contributed by atoms with Crippen molar-refractivity contribution in [2.24, 2.45) is 0 Å². The predicted octanol–water partition coefficient (Wildman–Crippen LogP) is 5.86. The maximum absolute atomic E-state index is 10.5. The standard InChI is InChI=1S/C21H43O6P/c1-2-3-4-5-6-7-8-9-10-11-12-13-14-15-16-17-18-26-19-21(22)20-27-28(23,24)25/h17-18,21-22H,2-16,19-20H2,1H3,(H2,23,24,25). The fourth-order valence-electron chi connectivity index (χ4n) is 2.99. The highest BCUT2D eigenvalue weighted by Gasteiger charge is 2.16. The number of hydrogen-bond acceptors (Lipinski definition) is 4. The molecular weight excluding hydrogens is 379 g/mol. The van der Waals surface area contributed by atoms with E-state index in [9.17, 15) is 9.67 Å². The number of phosphoric ester groups is 1. The van der Waals surface area contributed by atoms with Crippen molar-refractivity contribution >= 4 is 7.82 Å². The van der Waals surface area contributed by atoms with Crippen LogP contribution in [0, 0.1) is 0 Å². The summed E-state index contributed by atoms with van der Waals surface area (Å²) in [4.78, 5) is 17.0. The van der Waals surface area contributed by atoms with Crippen molar-refractivity contribution in [3.05, 3.63) is 12.3 Å². The predicted molar refractivity (Wildman–Crippen MR) is 114 cm³/mol. The van der Waals surface area contributed by atoms with Gasteiger partial charge in [-0.05, 0) is 18.9 Å². The van der Waals surface area contributed by atoms with Crippen LogP contribution in [-0.2, 0) is 13.8 Å². The minimum atomic E-state index is -4.53. The monoisotopic (exact) mass is 422 g/mol. The fourth-order valence-corrected chi connectivity index (χ4v) is 3.36. The number of rotatable bonds is 21. The minimum Gasteiger partial charge on any atom is -0.499 e. The Kier molecular flexibility index (Phi) is 19.6. The fraction of sp³-hybridized carbons (Fsp3) is 0.905. The maximum atomic E-state index is 10.5. The first-order valence-corrected chi connectivity index (χ1v) is 12.6. The first-order valence-electron chi connectivity index (χ1n) is 11.1. The Morgan fingerprint density at radius 1 is 0.786 bits per heavy atom. The molecule has 0 aromatic carbocycles. The van der Waals surface area contributed by atoms with E-state index in [2.05, 4.69) is 11.4 Å². The van der Waals surface area contributed by atoms with Crippen LogP contribution in [0.15, 0.2) is 12.3 Å². The second kappa shape index (κ2) is 19.9. The van der Waals surface area contributed by atoms with E-state index in [1.807, 2.05) is 6.08 Å². The van der Waals surface area contributed by atoms with Gasteiger partial charge in [-0.15, -0.1) is 0 Å². The van der Waals surface area contributed by atoms with E-state index >= 15 is 0 Å². The summed E-state index contributed by atoms with van der Waals surface area (Å²) in [6, 6.07) is 0. The molecule has 1 atom stereocenters. The highest BCUT2D eigenvalue weighted by Crippen LogP contribution is 2.35. The maximum Gasteiger partial charge on any atom is 0.469 e. The van der Waals surface area contributed by atoms with Crippen LogP contribution >= 0.6 is 7.82 Å². The summed E-state index contributed by atoms with van der Waals surface area (Å²) in [6.45, 7) is 1.77. The Labute approximate surface area is 172 Å². The first kappa shape index (κ1) is 27.6. The number of allylic oxidation sites excluding steroid dienone is 1. The third-order valence-electron chi connectivity index (χ3n) is 4.64. The summed E-state index contributed by atoms with van der Waals surface area (Å²) in [5.74, 6) is 0. The van der Waals surface area contributed by atoms with Crippen LogP contribution in [0.5, 0.6) is 0 Å². The number of ether oxygens (including phenoxy) is 1. The zero-order chi connectivity index (χ0) is 20.9. The average molecular weight is 423 g/mol. The molecule has 0 spiro atoms. The van der Waals surface area contributed by atoms with Crippen LogP contribution in [0.2, 0.25) is 0 Å². The summed E-state index contributed by atoms with van der Waals surface area (Å²) in [5.41, 5.74) is 0. The van der Waals surface area contributed by atoms with Gasteiger partial charge in [0.2, 0.25) is 0 Å². The van der Waals surface area contributed by atoms with E-state index in [1.54, 1.807) is 0 Å². The molecule has 0 aromatic heterocycles. The lowest BCUT2D eigenvalue weighted by Gasteiger charge is -2.10. The third kappa shape index (κ3) is 23.6. The third-order valence-corrected chi connectivity index (χ3v) is 5.13. The zero-order valence-electron chi connectivity index (χ0n) is 17.8. The molecule has 0 saturated heterocycles. The Morgan fingerprint density at radius 3 is 1.71 bits per heavy atom. The number of hydrogen-bond donors (Lipinski definition) is 3. The van der Waals surface area contributed by atoms with Gasteiger partial charge in [0.15, 0.2) is 0 Å². The minimum absolute atomic E-state index is 0.0464. The van der Waals surface area contributed by atoms with Gasteiger partial charge in [0.05, 0.1) is 12.9 Å². The van der Waals surface area contributed by atoms with Crippen LogP contribution in [0.3, 0.4) is 0 Å². The van der Waals surface area contributed by atoms with Crippen molar-refractivity contribution in [3.8, 4) is 0 Å². The highest BCUT2D eigenvalue weighted by molar-refractivity contribution is 7.46. The second-order valence-corrected chi connectivity index (χ2v) is 8.77. The summed E-state index contributed by atoms with van der Waals surface area (Å²) >= 11 is 0. The van der Waals surface area contributed by atoms with E-state index in [4.69, 9.17) is 14.5 Å². The van der Waals surface area contributed by atoms with Crippen molar-refractivity contribution in [2.45, 2.75) is 109 Å². The van der Waals surface area contributed by atoms with Gasteiger partial charge in [0, 0.05) is 0 Å². The topological polar surface area (TPSA) is 96.2 Å². The lowest BCUT2D eigenvalue weighted by molar-refractivity contribution is 0.0357. The smallest absolute Gasteiger partial charge is 0.469 e. The first-order chi connectivity index (χ1) is 13.5. The van der Waals surface area contributed by atoms with Crippen molar-refractivity contribution in [3.63, 3.8) is 0 Å². The lowest BCUT2D eigenvalue weighted by Crippen LogP contribution is -2.19. The Balaban J connectivity index is 3.22. The van der Waals surface area contributed by atoms with E-state index < -0.39 is 20.5 Å². The molecule has 0 saturated carbocycles. The van der Waals surface area contributed by atoms with Crippen LogP contribution in [-0.4, -0.2) is 34.2 Å². The molecule has 0 fully saturated rings. The number of aliphatic hydroxyl groups excluding tert-OH is 1. The van der Waals surface area contributed by atoms with E-state index in [-0.39, 0.29) is 6.61 Å². The van der Waals surface area contributed by atoms with Gasteiger partial charge in [-0.1, -0.05) is 90.4 Å². The van der Waals surface area contributed by atoms with Gasteiger partial charge >= 0.3 is 7.82 Å². The molecule has 0 aromatic rings. The molecule has 28 heavy (non-hydrogen) atoms. The van der Waals surface area contributed by atoms with Gasteiger partial charge in [-0.25, -0.2) is 4.57 Å². The summed E-state index contributed by atoms with van der Waals surface area (Å²) < 4.78 is 19.8. The van der Waals surface area contributed by atoms with Crippen molar-refractivity contribution in [1.29, 1.82) is 0 Å². The quantitative estimate of drug-likeness (QED) is 0.122. The molecule has 168 valence electrons. The number of aliphatic hydroxyl groups is 1. The largest absolute Gasteiger partial charge is 0.499 e. The van der Waals surface area contributed by atoms with Crippen LogP contribution in [0.4, 0.5) is 0 Å². The molecule has 1 unspecified atom stereocenters. The van der Waals surface area contributed by atoms with Crippen molar-refractivity contribution < 1.29 is 28.7 Å². The van der Waals surface area contributed by atoms with Gasteiger partial charge in [-0.3, -0.25) is 4.52 Å².